The van der Waals surface area contributed by atoms with E-state index >= 15 is 0 Å². The fraction of sp³-hybridized carbons (Fsp3) is 0.250. The van der Waals surface area contributed by atoms with Gasteiger partial charge in [0.1, 0.15) is 0 Å². The number of fused-ring (bicyclic) bond motifs is 1. The summed E-state index contributed by atoms with van der Waals surface area (Å²) in [6.45, 7) is 2.50. The smallest absolute Gasteiger partial charge is 0.408 e. The van der Waals surface area contributed by atoms with Crippen LogP contribution in [0.25, 0.3) is 11.1 Å². The van der Waals surface area contributed by atoms with Gasteiger partial charge < -0.3 is 4.42 Å². The summed E-state index contributed by atoms with van der Waals surface area (Å²) in [7, 11) is -3.66. The second-order valence-electron chi connectivity index (χ2n) is 5.27. The number of oxazole rings is 1. The average molecular weight is 347 g/mol. The van der Waals surface area contributed by atoms with Gasteiger partial charge in [-0.1, -0.05) is 6.92 Å². The molecule has 1 N–H and O–H groups in total. The summed E-state index contributed by atoms with van der Waals surface area (Å²) in [5.41, 5.74) is 1.72. The van der Waals surface area contributed by atoms with Crippen LogP contribution in [0.2, 0.25) is 0 Å². The fourth-order valence-corrected chi connectivity index (χ4v) is 3.95. The zero-order valence-electron chi connectivity index (χ0n) is 13.1. The zero-order chi connectivity index (χ0) is 17.2. The van der Waals surface area contributed by atoms with Crippen LogP contribution in [0.15, 0.2) is 56.8 Å². The molecule has 3 rings (SSSR count). The molecule has 0 atom stereocenters. The van der Waals surface area contributed by atoms with Crippen molar-refractivity contribution in [2.45, 2.75) is 18.2 Å². The molecule has 0 spiro atoms. The molecule has 3 aromatic rings. The third-order valence-electron chi connectivity index (χ3n) is 3.78. The van der Waals surface area contributed by atoms with E-state index < -0.39 is 15.8 Å². The van der Waals surface area contributed by atoms with Crippen LogP contribution in [0.4, 0.5) is 0 Å². The van der Waals surface area contributed by atoms with Crippen molar-refractivity contribution in [3.63, 3.8) is 0 Å². The molecule has 0 bridgehead atoms. The molecule has 126 valence electrons. The minimum atomic E-state index is -3.66. The third-order valence-corrected chi connectivity index (χ3v) is 5.75. The molecular formula is C16H17N3O4S. The normalized spacial score (nSPS) is 12.1. The van der Waals surface area contributed by atoms with E-state index in [-0.39, 0.29) is 10.5 Å². The van der Waals surface area contributed by atoms with Gasteiger partial charge in [0.2, 0.25) is 10.0 Å². The summed E-state index contributed by atoms with van der Waals surface area (Å²) in [4.78, 5) is 17.8. The number of nitrogens with one attached hydrogen (secondary N) is 1. The van der Waals surface area contributed by atoms with E-state index in [2.05, 4.69) is 9.97 Å². The minimum Gasteiger partial charge on any atom is -0.408 e. The van der Waals surface area contributed by atoms with Crippen molar-refractivity contribution < 1.29 is 12.8 Å². The van der Waals surface area contributed by atoms with E-state index in [0.717, 1.165) is 5.56 Å². The molecule has 2 aromatic heterocycles. The van der Waals surface area contributed by atoms with E-state index in [4.69, 9.17) is 4.42 Å². The Bertz CT molecular complexity index is 993. The van der Waals surface area contributed by atoms with E-state index in [1.54, 1.807) is 19.3 Å². The summed E-state index contributed by atoms with van der Waals surface area (Å²) in [6.07, 6.45) is 3.96. The van der Waals surface area contributed by atoms with Gasteiger partial charge in [0.15, 0.2) is 5.58 Å². The number of aromatic amines is 1. The van der Waals surface area contributed by atoms with E-state index in [1.165, 1.54) is 22.5 Å². The van der Waals surface area contributed by atoms with Gasteiger partial charge in [0.05, 0.1) is 10.4 Å². The lowest BCUT2D eigenvalue weighted by atomic mass is 10.2. The number of H-pyrrole nitrogens is 1. The highest BCUT2D eigenvalue weighted by Crippen LogP contribution is 2.20. The zero-order valence-corrected chi connectivity index (χ0v) is 13.9. The van der Waals surface area contributed by atoms with Gasteiger partial charge in [-0.25, -0.2) is 13.2 Å². The highest BCUT2D eigenvalue weighted by Gasteiger charge is 2.23. The Morgan fingerprint density at radius 2 is 1.96 bits per heavy atom. The predicted molar refractivity (Wildman–Crippen MR) is 89.2 cm³/mol. The summed E-state index contributed by atoms with van der Waals surface area (Å²) < 4.78 is 32.0. The number of aromatic nitrogens is 2. The van der Waals surface area contributed by atoms with Crippen molar-refractivity contribution in [1.29, 1.82) is 0 Å². The van der Waals surface area contributed by atoms with Crippen LogP contribution in [0.1, 0.15) is 12.5 Å². The Kier molecular flexibility index (Phi) is 4.50. The van der Waals surface area contributed by atoms with Gasteiger partial charge >= 0.3 is 5.76 Å². The number of sulfonamides is 1. The first-order valence-electron chi connectivity index (χ1n) is 7.52. The molecule has 1 aromatic carbocycles. The molecule has 0 saturated carbocycles. The Hall–Kier alpha value is -2.45. The van der Waals surface area contributed by atoms with E-state index in [0.29, 0.717) is 25.0 Å². The first-order valence-corrected chi connectivity index (χ1v) is 8.96. The molecule has 0 fully saturated rings. The highest BCUT2D eigenvalue weighted by molar-refractivity contribution is 7.89. The van der Waals surface area contributed by atoms with Crippen molar-refractivity contribution in [1.82, 2.24) is 14.3 Å². The molecule has 8 heteroatoms. The summed E-state index contributed by atoms with van der Waals surface area (Å²) in [5.74, 6) is -0.607. The molecule has 0 saturated heterocycles. The summed E-state index contributed by atoms with van der Waals surface area (Å²) in [6, 6.07) is 8.10. The van der Waals surface area contributed by atoms with Crippen molar-refractivity contribution >= 4 is 21.1 Å². The van der Waals surface area contributed by atoms with Crippen LogP contribution >= 0.6 is 0 Å². The molecule has 0 aliphatic rings. The lowest BCUT2D eigenvalue weighted by Crippen LogP contribution is -2.32. The molecule has 0 aliphatic carbocycles. The van der Waals surface area contributed by atoms with Crippen LogP contribution in [0, 0.1) is 0 Å². The lowest BCUT2D eigenvalue weighted by Gasteiger charge is -2.20. The predicted octanol–water partition coefficient (Wildman–Crippen LogP) is 1.77. The fourth-order valence-electron chi connectivity index (χ4n) is 2.49. The molecule has 24 heavy (non-hydrogen) atoms. The lowest BCUT2D eigenvalue weighted by molar-refractivity contribution is 0.431. The quantitative estimate of drug-likeness (QED) is 0.733. The molecule has 0 radical (unpaired) electrons. The van der Waals surface area contributed by atoms with Crippen molar-refractivity contribution in [3.05, 3.63) is 58.8 Å². The molecule has 0 aliphatic heterocycles. The Morgan fingerprint density at radius 1 is 1.21 bits per heavy atom. The van der Waals surface area contributed by atoms with Crippen molar-refractivity contribution in [2.75, 3.05) is 13.1 Å². The molecular weight excluding hydrogens is 330 g/mol. The maximum absolute atomic E-state index is 12.8. The SMILES string of the molecule is CCN(CCc1ccncc1)S(=O)(=O)c1ccc2[nH]c(=O)oc2c1. The van der Waals surface area contributed by atoms with Gasteiger partial charge in [0, 0.05) is 31.5 Å². The number of rotatable bonds is 6. The molecule has 7 nitrogen and oxygen atoms in total. The van der Waals surface area contributed by atoms with Gasteiger partial charge in [0.25, 0.3) is 0 Å². The van der Waals surface area contributed by atoms with Crippen LogP contribution in [-0.4, -0.2) is 35.8 Å². The van der Waals surface area contributed by atoms with E-state index in [1.807, 2.05) is 12.1 Å². The van der Waals surface area contributed by atoms with Gasteiger partial charge in [-0.3, -0.25) is 9.97 Å². The number of benzene rings is 1. The Morgan fingerprint density at radius 3 is 2.67 bits per heavy atom. The first kappa shape index (κ1) is 16.4. The second-order valence-corrected chi connectivity index (χ2v) is 7.21. The number of hydrogen-bond acceptors (Lipinski definition) is 5. The minimum absolute atomic E-state index is 0.106. The van der Waals surface area contributed by atoms with Crippen LogP contribution in [0.3, 0.4) is 0 Å². The van der Waals surface area contributed by atoms with Gasteiger partial charge in [-0.15, -0.1) is 0 Å². The van der Waals surface area contributed by atoms with Crippen LogP contribution in [-0.2, 0) is 16.4 Å². The van der Waals surface area contributed by atoms with Gasteiger partial charge in [-0.2, -0.15) is 4.31 Å². The molecule has 0 unspecified atom stereocenters. The first-order chi connectivity index (χ1) is 11.5. The number of nitrogens with zero attached hydrogens (tertiary/aromatic N) is 2. The molecule has 0 amide bonds. The maximum Gasteiger partial charge on any atom is 0.417 e. The number of likely N-dealkylation sites (N-methyl/N-ethyl adjacent to an activating group) is 1. The summed E-state index contributed by atoms with van der Waals surface area (Å²) in [5, 5.41) is 0. The second kappa shape index (κ2) is 6.58. The van der Waals surface area contributed by atoms with Crippen LogP contribution in [0.5, 0.6) is 0 Å². The van der Waals surface area contributed by atoms with Crippen molar-refractivity contribution in [3.8, 4) is 0 Å². The maximum atomic E-state index is 12.8. The Labute approximate surface area is 139 Å². The molecule has 2 heterocycles. The summed E-state index contributed by atoms with van der Waals surface area (Å²) >= 11 is 0. The average Bonchev–Trinajstić information content (AvgIpc) is 2.95. The van der Waals surface area contributed by atoms with Crippen molar-refractivity contribution in [2.24, 2.45) is 0 Å². The standard InChI is InChI=1S/C16H17N3O4S/c1-2-19(10-7-12-5-8-17-9-6-12)24(21,22)13-3-4-14-15(11-13)23-16(20)18-14/h3-6,8-9,11H,2,7,10H2,1H3,(H,18,20). The highest BCUT2D eigenvalue weighted by atomic mass is 32.2. The van der Waals surface area contributed by atoms with Gasteiger partial charge in [-0.05, 0) is 36.2 Å². The largest absolute Gasteiger partial charge is 0.417 e. The number of hydrogen-bond donors (Lipinski definition) is 1. The monoisotopic (exact) mass is 347 g/mol. The van der Waals surface area contributed by atoms with Crippen LogP contribution < -0.4 is 5.76 Å². The Balaban J connectivity index is 1.86. The third kappa shape index (κ3) is 3.24. The number of pyridine rings is 1. The topological polar surface area (TPSA) is 96.3 Å². The van der Waals surface area contributed by atoms with E-state index in [9.17, 15) is 13.2 Å².